The van der Waals surface area contributed by atoms with E-state index >= 15 is 0 Å². The molecular weight excluding hydrogens is 307 g/mol. The van der Waals surface area contributed by atoms with Gasteiger partial charge in [-0.25, -0.2) is 0 Å². The Morgan fingerprint density at radius 3 is 2.62 bits per heavy atom. The summed E-state index contributed by atoms with van der Waals surface area (Å²) in [4.78, 5) is 12.0. The quantitative estimate of drug-likeness (QED) is 0.840. The molecule has 2 rings (SSSR count). The summed E-state index contributed by atoms with van der Waals surface area (Å²) in [6, 6.07) is 7.50. The summed E-state index contributed by atoms with van der Waals surface area (Å²) in [6.45, 7) is 4.79. The Bertz CT molecular complexity index is 487. The third kappa shape index (κ3) is 4.87. The van der Waals surface area contributed by atoms with Crippen molar-refractivity contribution in [1.29, 1.82) is 0 Å². The van der Waals surface area contributed by atoms with Gasteiger partial charge in [0.05, 0.1) is 6.04 Å². The molecule has 5 heteroatoms. The second-order valence-electron chi connectivity index (χ2n) is 6.24. The summed E-state index contributed by atoms with van der Waals surface area (Å²) in [5, 5.41) is 3.75. The van der Waals surface area contributed by atoms with Crippen molar-refractivity contribution < 1.29 is 4.79 Å². The first kappa shape index (κ1) is 18.3. The molecule has 1 aliphatic rings. The zero-order valence-electron chi connectivity index (χ0n) is 12.6. The van der Waals surface area contributed by atoms with Gasteiger partial charge in [-0.3, -0.25) is 4.79 Å². The summed E-state index contributed by atoms with van der Waals surface area (Å²) >= 11 is 6.04. The van der Waals surface area contributed by atoms with E-state index in [0.29, 0.717) is 12.5 Å². The highest BCUT2D eigenvalue weighted by atomic mass is 35.5. The van der Waals surface area contributed by atoms with E-state index in [-0.39, 0.29) is 23.7 Å². The number of nitrogens with two attached hydrogens (primary N) is 1. The predicted molar refractivity (Wildman–Crippen MR) is 90.1 cm³/mol. The predicted octanol–water partition coefficient (Wildman–Crippen LogP) is 3.28. The zero-order chi connectivity index (χ0) is 14.8. The van der Waals surface area contributed by atoms with Crippen LogP contribution < -0.4 is 11.1 Å². The van der Waals surface area contributed by atoms with Gasteiger partial charge in [-0.15, -0.1) is 12.4 Å². The Kier molecular flexibility index (Phi) is 6.51. The van der Waals surface area contributed by atoms with Crippen molar-refractivity contribution >= 4 is 29.9 Å². The molecule has 1 aromatic rings. The van der Waals surface area contributed by atoms with Crippen LogP contribution in [-0.4, -0.2) is 18.5 Å². The Labute approximate surface area is 138 Å². The number of halogens is 2. The third-order valence-corrected chi connectivity index (χ3v) is 4.19. The van der Waals surface area contributed by atoms with Gasteiger partial charge in [0.2, 0.25) is 5.91 Å². The van der Waals surface area contributed by atoms with Gasteiger partial charge in [0, 0.05) is 17.0 Å². The molecule has 1 aliphatic carbocycles. The molecular formula is C16H24Cl2N2O. The standard InChI is InChI=1S/C16H23ClN2O.ClH/c1-11(2)8-14(18)15(20)19-10-16(6-7-16)12-4-3-5-13(17)9-12;/h3-5,9,11,14H,6-8,10,18H2,1-2H3,(H,19,20);1H/t14-;/m0./s1. The Balaban J connectivity index is 0.00000220. The van der Waals surface area contributed by atoms with Crippen LogP contribution in [0.5, 0.6) is 0 Å². The molecule has 0 unspecified atom stereocenters. The fourth-order valence-corrected chi connectivity index (χ4v) is 2.73. The fraction of sp³-hybridized carbons (Fsp3) is 0.562. The second-order valence-corrected chi connectivity index (χ2v) is 6.68. The fourth-order valence-electron chi connectivity index (χ4n) is 2.54. The lowest BCUT2D eigenvalue weighted by molar-refractivity contribution is -0.122. The van der Waals surface area contributed by atoms with Crippen LogP contribution in [0.1, 0.15) is 38.7 Å². The molecule has 0 bridgehead atoms. The molecule has 21 heavy (non-hydrogen) atoms. The number of rotatable bonds is 6. The highest BCUT2D eigenvalue weighted by Crippen LogP contribution is 2.48. The van der Waals surface area contributed by atoms with Crippen molar-refractivity contribution in [3.05, 3.63) is 34.9 Å². The van der Waals surface area contributed by atoms with E-state index in [4.69, 9.17) is 17.3 Å². The maximum Gasteiger partial charge on any atom is 0.236 e. The molecule has 1 amide bonds. The van der Waals surface area contributed by atoms with E-state index in [1.807, 2.05) is 18.2 Å². The molecule has 3 N–H and O–H groups in total. The van der Waals surface area contributed by atoms with Crippen LogP contribution in [0.25, 0.3) is 0 Å². The molecule has 3 nitrogen and oxygen atoms in total. The third-order valence-electron chi connectivity index (χ3n) is 3.95. The summed E-state index contributed by atoms with van der Waals surface area (Å²) in [5.41, 5.74) is 7.18. The first-order valence-electron chi connectivity index (χ1n) is 7.22. The number of nitrogens with one attached hydrogen (secondary N) is 1. The van der Waals surface area contributed by atoms with E-state index < -0.39 is 6.04 Å². The van der Waals surface area contributed by atoms with Crippen LogP contribution in [0.3, 0.4) is 0 Å². The van der Waals surface area contributed by atoms with Gasteiger partial charge < -0.3 is 11.1 Å². The Morgan fingerprint density at radius 2 is 2.10 bits per heavy atom. The molecule has 0 aliphatic heterocycles. The van der Waals surface area contributed by atoms with Gasteiger partial charge in [-0.05, 0) is 42.9 Å². The average Bonchev–Trinajstić information content (AvgIpc) is 3.16. The molecule has 1 aromatic carbocycles. The molecule has 118 valence electrons. The summed E-state index contributed by atoms with van der Waals surface area (Å²) in [5.74, 6) is 0.380. The first-order valence-corrected chi connectivity index (χ1v) is 7.60. The van der Waals surface area contributed by atoms with Gasteiger partial charge in [-0.2, -0.15) is 0 Å². The molecule has 0 radical (unpaired) electrons. The van der Waals surface area contributed by atoms with Crippen LogP contribution in [0.4, 0.5) is 0 Å². The summed E-state index contributed by atoms with van der Waals surface area (Å²) in [7, 11) is 0. The van der Waals surface area contributed by atoms with Crippen molar-refractivity contribution in [1.82, 2.24) is 5.32 Å². The van der Waals surface area contributed by atoms with Crippen molar-refractivity contribution in [2.45, 2.75) is 44.6 Å². The number of hydrogen-bond donors (Lipinski definition) is 2. The van der Waals surface area contributed by atoms with Crippen LogP contribution in [0, 0.1) is 5.92 Å². The molecule has 0 aromatic heterocycles. The van der Waals surface area contributed by atoms with E-state index in [2.05, 4.69) is 25.2 Å². The van der Waals surface area contributed by atoms with Gasteiger partial charge in [0.15, 0.2) is 0 Å². The van der Waals surface area contributed by atoms with Crippen LogP contribution in [0.2, 0.25) is 5.02 Å². The van der Waals surface area contributed by atoms with Crippen LogP contribution in [0.15, 0.2) is 24.3 Å². The minimum Gasteiger partial charge on any atom is -0.354 e. The van der Waals surface area contributed by atoms with Crippen LogP contribution >= 0.6 is 24.0 Å². The molecule has 1 saturated carbocycles. The van der Waals surface area contributed by atoms with Crippen molar-refractivity contribution in [2.24, 2.45) is 11.7 Å². The SMILES string of the molecule is CC(C)C[C@H](N)C(=O)NCC1(c2cccc(Cl)c2)CC1.Cl. The number of amides is 1. The van der Waals surface area contributed by atoms with E-state index in [0.717, 1.165) is 24.3 Å². The van der Waals surface area contributed by atoms with Gasteiger partial charge >= 0.3 is 0 Å². The van der Waals surface area contributed by atoms with Gasteiger partial charge in [-0.1, -0.05) is 37.6 Å². The minimum atomic E-state index is -0.412. The molecule has 0 saturated heterocycles. The Hall–Kier alpha value is -0.770. The van der Waals surface area contributed by atoms with Crippen molar-refractivity contribution in [3.8, 4) is 0 Å². The largest absolute Gasteiger partial charge is 0.354 e. The van der Waals surface area contributed by atoms with Crippen molar-refractivity contribution in [3.63, 3.8) is 0 Å². The second kappa shape index (κ2) is 7.48. The molecule has 0 spiro atoms. The van der Waals surface area contributed by atoms with E-state index in [9.17, 15) is 4.79 Å². The monoisotopic (exact) mass is 330 g/mol. The van der Waals surface area contributed by atoms with Crippen molar-refractivity contribution in [2.75, 3.05) is 6.54 Å². The lowest BCUT2D eigenvalue weighted by Crippen LogP contribution is -2.44. The highest BCUT2D eigenvalue weighted by molar-refractivity contribution is 6.30. The Morgan fingerprint density at radius 1 is 1.43 bits per heavy atom. The lowest BCUT2D eigenvalue weighted by Gasteiger charge is -2.19. The normalized spacial score (nSPS) is 17.0. The molecule has 1 atom stereocenters. The molecule has 1 fully saturated rings. The summed E-state index contributed by atoms with van der Waals surface area (Å²) < 4.78 is 0. The number of carbonyl (C=O) groups is 1. The number of hydrogen-bond acceptors (Lipinski definition) is 2. The lowest BCUT2D eigenvalue weighted by atomic mass is 9.95. The van der Waals surface area contributed by atoms with E-state index in [1.54, 1.807) is 0 Å². The summed E-state index contributed by atoms with van der Waals surface area (Å²) in [6.07, 6.45) is 2.90. The smallest absolute Gasteiger partial charge is 0.236 e. The number of benzene rings is 1. The molecule has 0 heterocycles. The van der Waals surface area contributed by atoms with E-state index in [1.165, 1.54) is 5.56 Å². The maximum absolute atomic E-state index is 12.0. The topological polar surface area (TPSA) is 55.1 Å². The van der Waals surface area contributed by atoms with Crippen LogP contribution in [-0.2, 0) is 10.2 Å². The number of carbonyl (C=O) groups excluding carboxylic acids is 1. The first-order chi connectivity index (χ1) is 9.43. The van der Waals surface area contributed by atoms with Gasteiger partial charge in [0.1, 0.15) is 0 Å². The highest BCUT2D eigenvalue weighted by Gasteiger charge is 2.44. The average molecular weight is 331 g/mol. The van der Waals surface area contributed by atoms with Gasteiger partial charge in [0.25, 0.3) is 0 Å². The zero-order valence-corrected chi connectivity index (χ0v) is 14.1. The minimum absolute atomic E-state index is 0. The maximum atomic E-state index is 12.0.